The zero-order valence-corrected chi connectivity index (χ0v) is 16.2. The van der Waals surface area contributed by atoms with Gasteiger partial charge in [0.1, 0.15) is 5.54 Å². The van der Waals surface area contributed by atoms with Gasteiger partial charge >= 0.3 is 6.03 Å². The Bertz CT molecular complexity index is 855. The molecule has 0 aliphatic carbocycles. The van der Waals surface area contributed by atoms with Crippen LogP contribution in [0, 0.1) is 0 Å². The van der Waals surface area contributed by atoms with E-state index >= 15 is 0 Å². The molecule has 5 heteroatoms. The number of hydrogen-bond donors (Lipinski definition) is 1. The van der Waals surface area contributed by atoms with Gasteiger partial charge in [-0.15, -0.1) is 0 Å². The van der Waals surface area contributed by atoms with Gasteiger partial charge in [-0.2, -0.15) is 0 Å². The number of hydrogen-bond acceptors (Lipinski definition) is 2. The molecule has 1 fully saturated rings. The van der Waals surface area contributed by atoms with E-state index in [0.717, 1.165) is 5.56 Å². The standard InChI is InChI=1S/C21H23ClN2O2/c1-20(2,3)15-11-9-14(10-12-15)13-24-18(25)21(4,23-19(24)26)16-7-5-6-8-17(16)22/h5-12H,13H2,1-4H3,(H,23,26)/t21-/m0/s1. The highest BCUT2D eigenvalue weighted by Gasteiger charge is 2.49. The molecule has 0 aromatic heterocycles. The van der Waals surface area contributed by atoms with Crippen molar-refractivity contribution in [2.24, 2.45) is 0 Å². The number of nitrogens with one attached hydrogen (secondary N) is 1. The van der Waals surface area contributed by atoms with Crippen LogP contribution in [0.2, 0.25) is 5.02 Å². The first kappa shape index (κ1) is 18.5. The lowest BCUT2D eigenvalue weighted by atomic mass is 9.86. The van der Waals surface area contributed by atoms with E-state index in [2.05, 4.69) is 26.1 Å². The molecule has 0 saturated carbocycles. The van der Waals surface area contributed by atoms with Crippen LogP contribution >= 0.6 is 11.6 Å². The SMILES string of the molecule is CC(C)(C)c1ccc(CN2C(=O)N[C@@](C)(c3ccccc3Cl)C2=O)cc1. The minimum Gasteiger partial charge on any atom is -0.319 e. The molecular weight excluding hydrogens is 348 g/mol. The first-order chi connectivity index (χ1) is 12.1. The lowest BCUT2D eigenvalue weighted by molar-refractivity contribution is -0.131. The molecule has 1 saturated heterocycles. The Hall–Kier alpha value is -2.33. The molecule has 1 atom stereocenters. The van der Waals surface area contributed by atoms with Crippen molar-refractivity contribution in [1.29, 1.82) is 0 Å². The van der Waals surface area contributed by atoms with E-state index in [0.29, 0.717) is 10.6 Å². The highest BCUT2D eigenvalue weighted by atomic mass is 35.5. The summed E-state index contributed by atoms with van der Waals surface area (Å²) in [5, 5.41) is 3.25. The summed E-state index contributed by atoms with van der Waals surface area (Å²) >= 11 is 6.25. The summed E-state index contributed by atoms with van der Waals surface area (Å²) in [4.78, 5) is 26.7. The Morgan fingerprint density at radius 2 is 1.65 bits per heavy atom. The van der Waals surface area contributed by atoms with Crippen LogP contribution in [0.5, 0.6) is 0 Å². The van der Waals surface area contributed by atoms with Crippen molar-refractivity contribution in [2.75, 3.05) is 0 Å². The second kappa shape index (κ2) is 6.44. The number of nitrogens with zero attached hydrogens (tertiary/aromatic N) is 1. The molecule has 3 rings (SSSR count). The summed E-state index contributed by atoms with van der Waals surface area (Å²) in [6.45, 7) is 8.36. The molecule has 136 valence electrons. The molecule has 26 heavy (non-hydrogen) atoms. The Morgan fingerprint density at radius 3 is 2.23 bits per heavy atom. The lowest BCUT2D eigenvalue weighted by Crippen LogP contribution is -2.41. The highest BCUT2D eigenvalue weighted by Crippen LogP contribution is 2.34. The zero-order valence-electron chi connectivity index (χ0n) is 15.5. The third-order valence-electron chi connectivity index (χ3n) is 4.85. The van der Waals surface area contributed by atoms with Gasteiger partial charge in [-0.05, 0) is 29.5 Å². The highest BCUT2D eigenvalue weighted by molar-refractivity contribution is 6.32. The monoisotopic (exact) mass is 370 g/mol. The van der Waals surface area contributed by atoms with Crippen molar-refractivity contribution in [2.45, 2.75) is 45.2 Å². The largest absolute Gasteiger partial charge is 0.325 e. The van der Waals surface area contributed by atoms with Gasteiger partial charge in [0.25, 0.3) is 5.91 Å². The summed E-state index contributed by atoms with van der Waals surface area (Å²) in [5.41, 5.74) is 1.62. The second-order valence-corrected chi connectivity index (χ2v) is 8.28. The van der Waals surface area contributed by atoms with E-state index in [1.807, 2.05) is 24.3 Å². The Kier molecular flexibility index (Phi) is 4.57. The van der Waals surface area contributed by atoms with E-state index in [4.69, 9.17) is 11.6 Å². The second-order valence-electron chi connectivity index (χ2n) is 7.87. The Morgan fingerprint density at radius 1 is 1.04 bits per heavy atom. The molecule has 2 aromatic carbocycles. The third-order valence-corrected chi connectivity index (χ3v) is 5.18. The molecule has 0 unspecified atom stereocenters. The van der Waals surface area contributed by atoms with Crippen LogP contribution in [0.4, 0.5) is 4.79 Å². The van der Waals surface area contributed by atoms with Crippen LogP contribution in [0.15, 0.2) is 48.5 Å². The molecule has 1 heterocycles. The van der Waals surface area contributed by atoms with E-state index in [9.17, 15) is 9.59 Å². The van der Waals surface area contributed by atoms with Gasteiger partial charge in [-0.25, -0.2) is 4.79 Å². The molecule has 0 spiro atoms. The molecule has 1 N–H and O–H groups in total. The summed E-state index contributed by atoms with van der Waals surface area (Å²) in [7, 11) is 0. The molecule has 2 aromatic rings. The number of halogens is 1. The maximum Gasteiger partial charge on any atom is 0.325 e. The first-order valence-electron chi connectivity index (χ1n) is 8.61. The summed E-state index contributed by atoms with van der Waals surface area (Å²) in [6, 6.07) is 14.7. The number of amides is 3. The van der Waals surface area contributed by atoms with Crippen LogP contribution in [0.25, 0.3) is 0 Å². The van der Waals surface area contributed by atoms with Gasteiger partial charge in [-0.1, -0.05) is 74.8 Å². The summed E-state index contributed by atoms with van der Waals surface area (Å²) < 4.78 is 0. The number of benzene rings is 2. The average molecular weight is 371 g/mol. The van der Waals surface area contributed by atoms with Gasteiger partial charge < -0.3 is 5.32 Å². The predicted molar refractivity (Wildman–Crippen MR) is 103 cm³/mol. The van der Waals surface area contributed by atoms with Crippen LogP contribution in [-0.2, 0) is 22.3 Å². The molecule has 0 bridgehead atoms. The zero-order chi connectivity index (χ0) is 19.1. The van der Waals surface area contributed by atoms with E-state index < -0.39 is 11.6 Å². The van der Waals surface area contributed by atoms with Crippen molar-refractivity contribution >= 4 is 23.5 Å². The van der Waals surface area contributed by atoms with Gasteiger partial charge in [0.05, 0.1) is 6.54 Å². The molecule has 1 aliphatic rings. The number of carbonyl (C=O) groups excluding carboxylic acids is 2. The van der Waals surface area contributed by atoms with E-state index in [1.165, 1.54) is 10.5 Å². The smallest absolute Gasteiger partial charge is 0.319 e. The van der Waals surface area contributed by atoms with Gasteiger partial charge in [-0.3, -0.25) is 9.69 Å². The topological polar surface area (TPSA) is 49.4 Å². The molecule has 1 aliphatic heterocycles. The predicted octanol–water partition coefficient (Wildman–Crippen LogP) is 4.60. The van der Waals surface area contributed by atoms with Gasteiger partial charge in [0.15, 0.2) is 0 Å². The minimum absolute atomic E-state index is 0.0575. The fraction of sp³-hybridized carbons (Fsp3) is 0.333. The van der Waals surface area contributed by atoms with Crippen LogP contribution < -0.4 is 5.32 Å². The molecular formula is C21H23ClN2O2. The fourth-order valence-electron chi connectivity index (χ4n) is 3.18. The van der Waals surface area contributed by atoms with Crippen LogP contribution in [0.3, 0.4) is 0 Å². The first-order valence-corrected chi connectivity index (χ1v) is 8.99. The number of urea groups is 1. The van der Waals surface area contributed by atoms with Crippen molar-refractivity contribution in [3.8, 4) is 0 Å². The minimum atomic E-state index is -1.15. The normalized spacial score (nSPS) is 20.4. The Balaban J connectivity index is 1.85. The van der Waals surface area contributed by atoms with Crippen molar-refractivity contribution < 1.29 is 9.59 Å². The summed E-state index contributed by atoms with van der Waals surface area (Å²) in [5.74, 6) is -0.296. The molecule has 0 radical (unpaired) electrons. The van der Waals surface area contributed by atoms with Crippen molar-refractivity contribution in [3.63, 3.8) is 0 Å². The number of carbonyl (C=O) groups is 2. The average Bonchev–Trinajstić information content (AvgIpc) is 2.79. The quantitative estimate of drug-likeness (QED) is 0.802. The number of rotatable bonds is 3. The maximum atomic E-state index is 13.0. The van der Waals surface area contributed by atoms with Crippen molar-refractivity contribution in [1.82, 2.24) is 10.2 Å². The summed E-state index contributed by atoms with van der Waals surface area (Å²) in [6.07, 6.45) is 0. The van der Waals surface area contributed by atoms with E-state index in [-0.39, 0.29) is 17.9 Å². The van der Waals surface area contributed by atoms with E-state index in [1.54, 1.807) is 31.2 Å². The van der Waals surface area contributed by atoms with Gasteiger partial charge in [0.2, 0.25) is 0 Å². The van der Waals surface area contributed by atoms with Gasteiger partial charge in [0, 0.05) is 10.6 Å². The van der Waals surface area contributed by atoms with Crippen LogP contribution in [-0.4, -0.2) is 16.8 Å². The Labute approximate surface area is 159 Å². The lowest BCUT2D eigenvalue weighted by Gasteiger charge is -2.23. The maximum absolute atomic E-state index is 13.0. The van der Waals surface area contributed by atoms with Crippen LogP contribution in [0.1, 0.15) is 44.4 Å². The molecule has 4 nitrogen and oxygen atoms in total. The fourth-order valence-corrected chi connectivity index (χ4v) is 3.51. The van der Waals surface area contributed by atoms with Crippen molar-refractivity contribution in [3.05, 3.63) is 70.2 Å². The molecule has 3 amide bonds. The number of imide groups is 1. The third kappa shape index (κ3) is 3.21.